The number of carbonyl (C=O) groups excluding carboxylic acids is 1. The number of methoxy groups -OCH3 is 1. The first-order chi connectivity index (χ1) is 9.61. The summed E-state index contributed by atoms with van der Waals surface area (Å²) in [4.78, 5) is 23.5. The van der Waals surface area contributed by atoms with Crippen LogP contribution in [0.25, 0.3) is 0 Å². The molecular weight excluding hydrogens is 274 g/mol. The Bertz CT molecular complexity index is 570. The van der Waals surface area contributed by atoms with Crippen LogP contribution in [0.3, 0.4) is 0 Å². The molecule has 0 aromatic carbocycles. The molecule has 1 amide bonds. The van der Waals surface area contributed by atoms with Crippen molar-refractivity contribution < 1.29 is 9.53 Å². The summed E-state index contributed by atoms with van der Waals surface area (Å²) in [6, 6.07) is 5.90. The normalized spacial score (nSPS) is 10.6. The van der Waals surface area contributed by atoms with Gasteiger partial charge in [-0.3, -0.25) is 4.79 Å². The minimum Gasteiger partial charge on any atom is -0.467 e. The van der Waals surface area contributed by atoms with Gasteiger partial charge in [-0.1, -0.05) is 6.07 Å². The van der Waals surface area contributed by atoms with E-state index >= 15 is 0 Å². The minimum atomic E-state index is -0.117. The van der Waals surface area contributed by atoms with Gasteiger partial charge in [0.1, 0.15) is 5.69 Å². The molecule has 0 saturated carbocycles. The Morgan fingerprint density at radius 1 is 1.45 bits per heavy atom. The third kappa shape index (κ3) is 3.33. The van der Waals surface area contributed by atoms with E-state index in [2.05, 4.69) is 9.97 Å². The molecule has 2 aromatic heterocycles. The zero-order chi connectivity index (χ0) is 14.5. The summed E-state index contributed by atoms with van der Waals surface area (Å²) >= 11 is 1.64. The predicted molar refractivity (Wildman–Crippen MR) is 77.9 cm³/mol. The summed E-state index contributed by atoms with van der Waals surface area (Å²) in [5.74, 6) is -0.117. The smallest absolute Gasteiger partial charge is 0.316 e. The van der Waals surface area contributed by atoms with Gasteiger partial charge in [0.15, 0.2) is 0 Å². The van der Waals surface area contributed by atoms with Crippen LogP contribution in [0.15, 0.2) is 29.8 Å². The maximum absolute atomic E-state index is 12.6. The topological polar surface area (TPSA) is 55.3 Å². The van der Waals surface area contributed by atoms with E-state index in [1.165, 1.54) is 13.3 Å². The van der Waals surface area contributed by atoms with Gasteiger partial charge < -0.3 is 9.64 Å². The summed E-state index contributed by atoms with van der Waals surface area (Å²) < 4.78 is 4.96. The second-order valence-electron chi connectivity index (χ2n) is 4.53. The molecule has 2 aromatic rings. The average Bonchev–Trinajstić information content (AvgIpc) is 2.97. The van der Waals surface area contributed by atoms with E-state index in [4.69, 9.17) is 4.74 Å². The summed E-state index contributed by atoms with van der Waals surface area (Å²) in [6.07, 6.45) is 1.53. The molecule has 106 valence electrons. The Morgan fingerprint density at radius 2 is 2.25 bits per heavy atom. The predicted octanol–water partition coefficient (Wildman–Crippen LogP) is 2.60. The summed E-state index contributed by atoms with van der Waals surface area (Å²) in [7, 11) is 1.48. The van der Waals surface area contributed by atoms with Crippen molar-refractivity contribution in [3.8, 4) is 6.01 Å². The second kappa shape index (κ2) is 6.47. The van der Waals surface area contributed by atoms with Gasteiger partial charge in [0.2, 0.25) is 0 Å². The lowest BCUT2D eigenvalue weighted by atomic mass is 10.2. The van der Waals surface area contributed by atoms with Crippen LogP contribution in [0.4, 0.5) is 0 Å². The van der Waals surface area contributed by atoms with E-state index in [1.54, 1.807) is 22.3 Å². The van der Waals surface area contributed by atoms with Crippen LogP contribution in [0, 0.1) is 0 Å². The molecule has 0 unspecified atom stereocenters. The molecule has 20 heavy (non-hydrogen) atoms. The van der Waals surface area contributed by atoms with Gasteiger partial charge >= 0.3 is 6.01 Å². The maximum atomic E-state index is 12.6. The second-order valence-corrected chi connectivity index (χ2v) is 5.57. The monoisotopic (exact) mass is 291 g/mol. The van der Waals surface area contributed by atoms with E-state index in [0.29, 0.717) is 12.2 Å². The van der Waals surface area contributed by atoms with Crippen LogP contribution >= 0.6 is 11.3 Å². The van der Waals surface area contributed by atoms with Crippen molar-refractivity contribution in [1.29, 1.82) is 0 Å². The van der Waals surface area contributed by atoms with Gasteiger partial charge in [-0.05, 0) is 31.4 Å². The van der Waals surface area contributed by atoms with E-state index in [9.17, 15) is 4.79 Å². The fourth-order valence-corrected chi connectivity index (χ4v) is 2.47. The van der Waals surface area contributed by atoms with Crippen molar-refractivity contribution in [2.75, 3.05) is 7.11 Å². The summed E-state index contributed by atoms with van der Waals surface area (Å²) in [5.41, 5.74) is 0.349. The molecule has 0 radical (unpaired) electrons. The molecule has 2 rings (SSSR count). The van der Waals surface area contributed by atoms with Gasteiger partial charge in [0.05, 0.1) is 13.7 Å². The maximum Gasteiger partial charge on any atom is 0.316 e. The Kier molecular flexibility index (Phi) is 4.68. The molecule has 0 aliphatic carbocycles. The molecular formula is C14H17N3O2S. The molecule has 6 heteroatoms. The molecule has 0 saturated heterocycles. The molecule has 0 atom stereocenters. The van der Waals surface area contributed by atoms with Gasteiger partial charge in [-0.25, -0.2) is 4.98 Å². The van der Waals surface area contributed by atoms with Crippen LogP contribution in [-0.4, -0.2) is 33.9 Å². The highest BCUT2D eigenvalue weighted by atomic mass is 32.1. The Balaban J connectivity index is 2.22. The standard InChI is InChI=1S/C14H17N3O2S/c1-10(2)17(9-11-5-4-8-20-11)13(18)12-6-7-15-14(16-12)19-3/h4-8,10H,9H2,1-3H3. The molecule has 0 spiro atoms. The fraction of sp³-hybridized carbons (Fsp3) is 0.357. The van der Waals surface area contributed by atoms with Crippen molar-refractivity contribution in [1.82, 2.24) is 14.9 Å². The van der Waals surface area contributed by atoms with Gasteiger partial charge in [-0.2, -0.15) is 4.98 Å². The first kappa shape index (κ1) is 14.5. The number of hydrogen-bond donors (Lipinski definition) is 0. The average molecular weight is 291 g/mol. The number of thiophene rings is 1. The van der Waals surface area contributed by atoms with Gasteiger partial charge in [0, 0.05) is 17.1 Å². The fourth-order valence-electron chi connectivity index (χ4n) is 1.76. The number of hydrogen-bond acceptors (Lipinski definition) is 5. The molecule has 0 bridgehead atoms. The number of carbonyl (C=O) groups is 1. The number of ether oxygens (including phenoxy) is 1. The highest BCUT2D eigenvalue weighted by molar-refractivity contribution is 7.09. The van der Waals surface area contributed by atoms with Gasteiger partial charge in [-0.15, -0.1) is 11.3 Å². The molecule has 0 fully saturated rings. The molecule has 2 heterocycles. The van der Waals surface area contributed by atoms with Crippen LogP contribution < -0.4 is 4.74 Å². The lowest BCUT2D eigenvalue weighted by Crippen LogP contribution is -2.36. The number of rotatable bonds is 5. The lowest BCUT2D eigenvalue weighted by molar-refractivity contribution is 0.0685. The zero-order valence-electron chi connectivity index (χ0n) is 11.7. The molecule has 0 N–H and O–H groups in total. The van der Waals surface area contributed by atoms with Crippen molar-refractivity contribution in [3.63, 3.8) is 0 Å². The third-order valence-corrected chi connectivity index (χ3v) is 3.69. The Morgan fingerprint density at radius 3 is 2.85 bits per heavy atom. The van der Waals surface area contributed by atoms with Crippen LogP contribution in [0.2, 0.25) is 0 Å². The summed E-state index contributed by atoms with van der Waals surface area (Å²) in [6.45, 7) is 4.56. The van der Waals surface area contributed by atoms with Crippen molar-refractivity contribution in [3.05, 3.63) is 40.3 Å². The van der Waals surface area contributed by atoms with Crippen molar-refractivity contribution >= 4 is 17.2 Å². The van der Waals surface area contributed by atoms with Crippen LogP contribution in [0.1, 0.15) is 29.2 Å². The van der Waals surface area contributed by atoms with Crippen LogP contribution in [0.5, 0.6) is 6.01 Å². The lowest BCUT2D eigenvalue weighted by Gasteiger charge is -2.25. The van der Waals surface area contributed by atoms with Crippen molar-refractivity contribution in [2.45, 2.75) is 26.4 Å². The molecule has 5 nitrogen and oxygen atoms in total. The number of nitrogens with zero attached hydrogens (tertiary/aromatic N) is 3. The highest BCUT2D eigenvalue weighted by Gasteiger charge is 2.21. The SMILES string of the molecule is COc1nccc(C(=O)N(Cc2cccs2)C(C)C)n1. The first-order valence-corrected chi connectivity index (χ1v) is 7.20. The Hall–Kier alpha value is -1.95. The zero-order valence-corrected chi connectivity index (χ0v) is 12.6. The third-order valence-electron chi connectivity index (χ3n) is 2.83. The highest BCUT2D eigenvalue weighted by Crippen LogP contribution is 2.16. The molecule has 0 aliphatic rings. The van der Waals surface area contributed by atoms with E-state index < -0.39 is 0 Å². The Labute approximate surface area is 122 Å². The van der Waals surface area contributed by atoms with Gasteiger partial charge in [0.25, 0.3) is 5.91 Å². The number of amides is 1. The van der Waals surface area contributed by atoms with E-state index in [-0.39, 0.29) is 18.0 Å². The summed E-state index contributed by atoms with van der Waals surface area (Å²) in [5, 5.41) is 2.01. The quantitative estimate of drug-likeness (QED) is 0.849. The van der Waals surface area contributed by atoms with Crippen LogP contribution in [-0.2, 0) is 6.54 Å². The first-order valence-electron chi connectivity index (χ1n) is 6.32. The number of aromatic nitrogens is 2. The largest absolute Gasteiger partial charge is 0.467 e. The van der Waals surface area contributed by atoms with E-state index in [0.717, 1.165) is 4.88 Å². The van der Waals surface area contributed by atoms with Crippen molar-refractivity contribution in [2.24, 2.45) is 0 Å². The molecule has 0 aliphatic heterocycles. The van der Waals surface area contributed by atoms with E-state index in [1.807, 2.05) is 31.4 Å². The minimum absolute atomic E-state index is 0.0885.